The van der Waals surface area contributed by atoms with E-state index in [1.807, 2.05) is 31.2 Å². The standard InChI is InChI=1S/C16H16BrFO2/c1-10-4-6-14(18)12(8-10)16(17)13-9-11(19-2)5-7-15(13)20-3/h4-9,16H,1-3H3. The van der Waals surface area contributed by atoms with Crippen LogP contribution in [-0.2, 0) is 0 Å². The van der Waals surface area contributed by atoms with Crippen molar-refractivity contribution in [2.45, 2.75) is 11.8 Å². The van der Waals surface area contributed by atoms with Crippen molar-refractivity contribution < 1.29 is 13.9 Å². The fourth-order valence-electron chi connectivity index (χ4n) is 2.06. The molecule has 4 heteroatoms. The molecule has 20 heavy (non-hydrogen) atoms. The summed E-state index contributed by atoms with van der Waals surface area (Å²) in [4.78, 5) is -0.299. The highest BCUT2D eigenvalue weighted by molar-refractivity contribution is 9.09. The lowest BCUT2D eigenvalue weighted by Crippen LogP contribution is -2.01. The van der Waals surface area contributed by atoms with Crippen molar-refractivity contribution in [2.24, 2.45) is 0 Å². The zero-order valence-electron chi connectivity index (χ0n) is 11.6. The van der Waals surface area contributed by atoms with Gasteiger partial charge < -0.3 is 9.47 Å². The van der Waals surface area contributed by atoms with Crippen LogP contribution in [0.3, 0.4) is 0 Å². The van der Waals surface area contributed by atoms with E-state index >= 15 is 0 Å². The van der Waals surface area contributed by atoms with Crippen molar-refractivity contribution in [2.75, 3.05) is 14.2 Å². The number of rotatable bonds is 4. The Labute approximate surface area is 126 Å². The summed E-state index contributed by atoms with van der Waals surface area (Å²) in [5.41, 5.74) is 2.42. The van der Waals surface area contributed by atoms with Gasteiger partial charge in [0.05, 0.1) is 19.0 Å². The number of hydrogen-bond donors (Lipinski definition) is 0. The van der Waals surface area contributed by atoms with Gasteiger partial charge in [0.15, 0.2) is 0 Å². The topological polar surface area (TPSA) is 18.5 Å². The SMILES string of the molecule is COc1ccc(OC)c(C(Br)c2cc(C)ccc2F)c1. The molecule has 2 rings (SSSR count). The van der Waals surface area contributed by atoms with Crippen LogP contribution in [0.1, 0.15) is 21.5 Å². The van der Waals surface area contributed by atoms with Crippen molar-refractivity contribution in [3.8, 4) is 11.5 Å². The van der Waals surface area contributed by atoms with E-state index in [-0.39, 0.29) is 10.6 Å². The van der Waals surface area contributed by atoms with E-state index in [0.717, 1.165) is 11.1 Å². The van der Waals surface area contributed by atoms with Gasteiger partial charge in [-0.3, -0.25) is 0 Å². The molecule has 0 aliphatic heterocycles. The molecule has 0 fully saturated rings. The molecule has 0 aliphatic carbocycles. The predicted molar refractivity (Wildman–Crippen MR) is 81.5 cm³/mol. The molecule has 0 heterocycles. The molecule has 0 N–H and O–H groups in total. The summed E-state index contributed by atoms with van der Waals surface area (Å²) in [7, 11) is 3.19. The second-order valence-corrected chi connectivity index (χ2v) is 5.41. The number of hydrogen-bond acceptors (Lipinski definition) is 2. The van der Waals surface area contributed by atoms with Crippen LogP contribution in [0, 0.1) is 12.7 Å². The first-order chi connectivity index (χ1) is 9.56. The lowest BCUT2D eigenvalue weighted by molar-refractivity contribution is 0.399. The Morgan fingerprint density at radius 2 is 1.75 bits per heavy atom. The minimum Gasteiger partial charge on any atom is -0.497 e. The lowest BCUT2D eigenvalue weighted by atomic mass is 10.0. The molecule has 2 nitrogen and oxygen atoms in total. The summed E-state index contributed by atoms with van der Waals surface area (Å²) in [6.07, 6.45) is 0. The third kappa shape index (κ3) is 2.96. The molecular formula is C16H16BrFO2. The average Bonchev–Trinajstić information content (AvgIpc) is 2.48. The molecule has 0 aliphatic rings. The first-order valence-corrected chi connectivity index (χ1v) is 7.10. The Bertz CT molecular complexity index is 613. The van der Waals surface area contributed by atoms with Crippen LogP contribution in [0.25, 0.3) is 0 Å². The molecule has 0 amide bonds. The number of aryl methyl sites for hydroxylation is 1. The number of benzene rings is 2. The van der Waals surface area contributed by atoms with Gasteiger partial charge in [-0.2, -0.15) is 0 Å². The van der Waals surface area contributed by atoms with Crippen molar-refractivity contribution in [1.29, 1.82) is 0 Å². The molecule has 2 aromatic carbocycles. The maximum atomic E-state index is 14.0. The molecule has 0 radical (unpaired) electrons. The van der Waals surface area contributed by atoms with Crippen LogP contribution in [0.4, 0.5) is 4.39 Å². The van der Waals surface area contributed by atoms with E-state index < -0.39 is 0 Å². The molecule has 1 atom stereocenters. The van der Waals surface area contributed by atoms with Crippen molar-refractivity contribution >= 4 is 15.9 Å². The van der Waals surface area contributed by atoms with Gasteiger partial charge in [-0.15, -0.1) is 0 Å². The summed E-state index contributed by atoms with van der Waals surface area (Å²) in [5, 5.41) is 0. The van der Waals surface area contributed by atoms with Gasteiger partial charge in [0.25, 0.3) is 0 Å². The molecule has 2 aromatic rings. The Balaban J connectivity index is 2.51. The van der Waals surface area contributed by atoms with Crippen LogP contribution in [-0.4, -0.2) is 14.2 Å². The highest BCUT2D eigenvalue weighted by Gasteiger charge is 2.19. The van der Waals surface area contributed by atoms with Gasteiger partial charge >= 0.3 is 0 Å². The fourth-order valence-corrected chi connectivity index (χ4v) is 2.77. The molecule has 0 aromatic heterocycles. The van der Waals surface area contributed by atoms with E-state index in [2.05, 4.69) is 15.9 Å². The molecule has 0 saturated carbocycles. The smallest absolute Gasteiger partial charge is 0.127 e. The number of methoxy groups -OCH3 is 2. The van der Waals surface area contributed by atoms with Gasteiger partial charge in [-0.25, -0.2) is 4.39 Å². The van der Waals surface area contributed by atoms with Crippen LogP contribution in [0.15, 0.2) is 36.4 Å². The largest absolute Gasteiger partial charge is 0.497 e. The van der Waals surface area contributed by atoms with Gasteiger partial charge in [0.2, 0.25) is 0 Å². The zero-order chi connectivity index (χ0) is 14.7. The summed E-state index contributed by atoms with van der Waals surface area (Å²) < 4.78 is 24.6. The Hall–Kier alpha value is -1.55. The highest BCUT2D eigenvalue weighted by Crippen LogP contribution is 2.39. The number of halogens is 2. The normalized spacial score (nSPS) is 12.1. The monoisotopic (exact) mass is 338 g/mol. The Morgan fingerprint density at radius 3 is 2.40 bits per heavy atom. The van der Waals surface area contributed by atoms with Gasteiger partial charge in [0, 0.05) is 11.1 Å². The summed E-state index contributed by atoms with van der Waals surface area (Å²) in [6, 6.07) is 10.5. The Morgan fingerprint density at radius 1 is 1.00 bits per heavy atom. The average molecular weight is 339 g/mol. The number of alkyl halides is 1. The predicted octanol–water partition coefficient (Wildman–Crippen LogP) is 4.64. The first kappa shape index (κ1) is 14.9. The minimum absolute atomic E-state index is 0.248. The molecule has 0 saturated heterocycles. The van der Waals surface area contributed by atoms with Gasteiger partial charge in [-0.1, -0.05) is 33.6 Å². The van der Waals surface area contributed by atoms with E-state index in [4.69, 9.17) is 9.47 Å². The maximum absolute atomic E-state index is 14.0. The summed E-state index contributed by atoms with van der Waals surface area (Å²) >= 11 is 3.56. The van der Waals surface area contributed by atoms with Crippen molar-refractivity contribution in [3.63, 3.8) is 0 Å². The van der Waals surface area contributed by atoms with Crippen LogP contribution in [0.2, 0.25) is 0 Å². The second kappa shape index (κ2) is 6.27. The maximum Gasteiger partial charge on any atom is 0.127 e. The molecule has 0 spiro atoms. The van der Waals surface area contributed by atoms with E-state index in [9.17, 15) is 4.39 Å². The summed E-state index contributed by atoms with van der Waals surface area (Å²) in [5.74, 6) is 1.15. The van der Waals surface area contributed by atoms with Crippen molar-refractivity contribution in [1.82, 2.24) is 0 Å². The third-order valence-corrected chi connectivity index (χ3v) is 4.12. The van der Waals surface area contributed by atoms with Crippen LogP contribution in [0.5, 0.6) is 11.5 Å². The van der Waals surface area contributed by atoms with E-state index in [1.54, 1.807) is 20.3 Å². The molecule has 1 unspecified atom stereocenters. The molecule has 0 bridgehead atoms. The Kier molecular flexibility index (Phi) is 4.65. The van der Waals surface area contributed by atoms with E-state index in [1.165, 1.54) is 6.07 Å². The second-order valence-electron chi connectivity index (χ2n) is 4.50. The fraction of sp³-hybridized carbons (Fsp3) is 0.250. The first-order valence-electron chi connectivity index (χ1n) is 6.19. The number of ether oxygens (including phenoxy) is 2. The van der Waals surface area contributed by atoms with Gasteiger partial charge in [-0.05, 0) is 31.2 Å². The van der Waals surface area contributed by atoms with E-state index in [0.29, 0.717) is 17.1 Å². The zero-order valence-corrected chi connectivity index (χ0v) is 13.2. The molecular weight excluding hydrogens is 323 g/mol. The lowest BCUT2D eigenvalue weighted by Gasteiger charge is -2.17. The summed E-state index contributed by atoms with van der Waals surface area (Å²) in [6.45, 7) is 1.94. The highest BCUT2D eigenvalue weighted by atomic mass is 79.9. The third-order valence-electron chi connectivity index (χ3n) is 3.13. The van der Waals surface area contributed by atoms with Gasteiger partial charge in [0.1, 0.15) is 17.3 Å². The van der Waals surface area contributed by atoms with Crippen molar-refractivity contribution in [3.05, 3.63) is 58.9 Å². The van der Waals surface area contributed by atoms with Crippen LogP contribution >= 0.6 is 15.9 Å². The van der Waals surface area contributed by atoms with Crippen LogP contribution < -0.4 is 9.47 Å². The quantitative estimate of drug-likeness (QED) is 0.756. The minimum atomic E-state index is -0.299. The molecule has 106 valence electrons.